The molecule has 18 aromatic carbocycles. The SMILES string of the molecule is Brc1ccc2sc3ccccc3c2c1.C.c1ccc(N(c2ccccc2)c2cc(-c3ccc4c5ccccc5n(-c5ccccc5)c4c3)cc3c2[nH]c2ccccc23)cc1.c1ccc(N(c2ccccc2)c2cc(-c3ccc4c5ccccc5n(-c5ccccc5)c4c3)cc3c4ccccc4n(-c4ccc5sc6ccccc6c5c4)c23)cc1. The number of hydrogen-bond donors (Lipinski definition) is 1. The maximum absolute atomic E-state index is 3.78. The fraction of sp³-hybridized carbons (Fsp3) is 0.00917. The van der Waals surface area contributed by atoms with Crippen LogP contribution in [-0.4, -0.2) is 18.7 Å². The number of benzene rings is 18. The molecule has 0 fully saturated rings. The Morgan fingerprint density at radius 2 is 0.593 bits per heavy atom. The number of hydrogen-bond acceptors (Lipinski definition) is 4. The highest BCUT2D eigenvalue weighted by Gasteiger charge is 2.26. The summed E-state index contributed by atoms with van der Waals surface area (Å²) in [4.78, 5) is 8.57. The largest absolute Gasteiger partial charge is 0.353 e. The lowest BCUT2D eigenvalue weighted by Gasteiger charge is -2.28. The molecule has 6 nitrogen and oxygen atoms in total. The van der Waals surface area contributed by atoms with Gasteiger partial charge >= 0.3 is 0 Å². The standard InChI is InChI=1S/C54H35N3S.C42H29N3.C12H7BrS.CH4/c1-4-16-38(17-5-1)55(39-18-6-2-7-19-39)51-34-37(36-28-30-44-42-22-10-13-25-48(42)56(50(44)33-36)40-20-8-3-9-21-40)32-47-43-23-11-14-26-49(43)57(54(47)51)41-29-31-53-46(35-41)45-24-12-15-27-52(45)58-53;1-4-14-31(15-5-1)44(32-16-6-2-7-17-32)41-28-30(26-37-34-20-10-12-22-38(34)43-42(37)41)29-24-25-36-35-21-11-13-23-39(35)45(40(36)27-29)33-18-8-3-9-19-33;13-8-5-6-12-10(7-8)9-3-1-2-4-11(9)14-12;/h1-35H;1-28,43H;1-7H;1H4. The Balaban J connectivity index is 0.000000127. The second-order valence-corrected chi connectivity index (χ2v) is 32.8. The van der Waals surface area contributed by atoms with Crippen molar-refractivity contribution in [3.05, 3.63) is 429 Å². The van der Waals surface area contributed by atoms with Crippen LogP contribution in [0.3, 0.4) is 0 Å². The van der Waals surface area contributed by atoms with Crippen LogP contribution in [0.4, 0.5) is 34.1 Å². The Morgan fingerprint density at radius 3 is 1.09 bits per heavy atom. The van der Waals surface area contributed by atoms with Gasteiger partial charge in [0.25, 0.3) is 0 Å². The summed E-state index contributed by atoms with van der Waals surface area (Å²) in [5.74, 6) is 0. The molecule has 24 rings (SSSR count). The van der Waals surface area contributed by atoms with Gasteiger partial charge in [-0.1, -0.05) is 266 Å². The number of fused-ring (bicyclic) bond motifs is 18. The van der Waals surface area contributed by atoms with Crippen LogP contribution in [0.15, 0.2) is 429 Å². The normalized spacial score (nSPS) is 11.5. The van der Waals surface area contributed by atoms with Crippen molar-refractivity contribution < 1.29 is 0 Å². The summed E-state index contributed by atoms with van der Waals surface area (Å²) in [6.07, 6.45) is 0. The molecule has 0 bridgehead atoms. The van der Waals surface area contributed by atoms with E-state index in [1.54, 1.807) is 0 Å². The minimum atomic E-state index is 0. The van der Waals surface area contributed by atoms with Crippen LogP contribution in [0.25, 0.3) is 167 Å². The average molecular weight is 1610 g/mol. The molecule has 0 aliphatic heterocycles. The van der Waals surface area contributed by atoms with Crippen molar-refractivity contribution >= 4 is 200 Å². The lowest BCUT2D eigenvalue weighted by molar-refractivity contribution is 1.17. The first-order valence-electron chi connectivity index (χ1n) is 39.5. The molecule has 0 saturated carbocycles. The number of nitrogens with zero attached hydrogens (tertiary/aromatic N) is 5. The highest BCUT2D eigenvalue weighted by molar-refractivity contribution is 9.10. The summed E-state index contributed by atoms with van der Waals surface area (Å²) in [5.41, 5.74) is 24.2. The summed E-state index contributed by atoms with van der Waals surface area (Å²) in [5, 5.41) is 15.1. The van der Waals surface area contributed by atoms with Gasteiger partial charge in [0.1, 0.15) is 0 Å². The molecule has 0 unspecified atom stereocenters. The van der Waals surface area contributed by atoms with Gasteiger partial charge in [-0.3, -0.25) is 0 Å². The van der Waals surface area contributed by atoms with Gasteiger partial charge in [0.2, 0.25) is 0 Å². The van der Waals surface area contributed by atoms with Crippen LogP contribution >= 0.6 is 38.6 Å². The van der Waals surface area contributed by atoms with Crippen LogP contribution in [-0.2, 0) is 0 Å². The zero-order chi connectivity index (χ0) is 77.4. The zero-order valence-corrected chi connectivity index (χ0v) is 66.6. The molecule has 0 amide bonds. The van der Waals surface area contributed by atoms with Gasteiger partial charge in [-0.25, -0.2) is 0 Å². The van der Waals surface area contributed by atoms with Crippen LogP contribution in [0.1, 0.15) is 7.43 Å². The lowest BCUT2D eigenvalue weighted by Crippen LogP contribution is -2.11. The third-order valence-corrected chi connectivity index (χ3v) is 25.7. The molecule has 118 heavy (non-hydrogen) atoms. The summed E-state index contributed by atoms with van der Waals surface area (Å²) < 4.78 is 13.8. The fourth-order valence-electron chi connectivity index (χ4n) is 17.7. The van der Waals surface area contributed by atoms with Crippen molar-refractivity contribution in [1.82, 2.24) is 18.7 Å². The van der Waals surface area contributed by atoms with Crippen molar-refractivity contribution in [1.29, 1.82) is 0 Å². The lowest BCUT2D eigenvalue weighted by atomic mass is 9.99. The van der Waals surface area contributed by atoms with Gasteiger partial charge < -0.3 is 28.5 Å². The molecular weight excluding hydrogens is 1540 g/mol. The Hall–Kier alpha value is -14.3. The Labute approximate surface area is 699 Å². The maximum atomic E-state index is 3.78. The first kappa shape index (κ1) is 71.5. The number of nitrogens with one attached hydrogen (secondary N) is 1. The maximum Gasteiger partial charge on any atom is 0.0782 e. The molecule has 0 saturated heterocycles. The third-order valence-electron chi connectivity index (χ3n) is 22.9. The summed E-state index contributed by atoms with van der Waals surface area (Å²) in [6, 6.07) is 153. The quantitative estimate of drug-likeness (QED) is 0.140. The second kappa shape index (κ2) is 30.1. The number of H-pyrrole nitrogens is 1. The average Bonchev–Trinajstić information content (AvgIpc) is 1.56. The first-order valence-corrected chi connectivity index (χ1v) is 42.0. The van der Waals surface area contributed by atoms with Crippen LogP contribution in [0, 0.1) is 0 Å². The van der Waals surface area contributed by atoms with E-state index in [9.17, 15) is 0 Å². The number of halogens is 1. The summed E-state index contributed by atoms with van der Waals surface area (Å²) in [6.45, 7) is 0. The molecule has 560 valence electrons. The highest BCUT2D eigenvalue weighted by Crippen LogP contribution is 2.50. The van der Waals surface area contributed by atoms with Crippen LogP contribution in [0.2, 0.25) is 0 Å². The van der Waals surface area contributed by atoms with Gasteiger partial charge in [-0.05, 0) is 204 Å². The molecule has 1 N–H and O–H groups in total. The Bertz CT molecular complexity index is 7820. The zero-order valence-electron chi connectivity index (χ0n) is 63.3. The molecule has 6 heterocycles. The van der Waals surface area contributed by atoms with E-state index < -0.39 is 0 Å². The van der Waals surface area contributed by atoms with E-state index in [1.807, 2.05) is 22.7 Å². The smallest absolute Gasteiger partial charge is 0.0782 e. The molecule has 0 aliphatic carbocycles. The van der Waals surface area contributed by atoms with Gasteiger partial charge in [-0.2, -0.15) is 0 Å². The molecule has 9 heteroatoms. The van der Waals surface area contributed by atoms with Crippen molar-refractivity contribution in [2.45, 2.75) is 7.43 Å². The van der Waals surface area contributed by atoms with Gasteiger partial charge in [0, 0.05) is 133 Å². The topological polar surface area (TPSA) is 37.1 Å². The minimum absolute atomic E-state index is 0. The van der Waals surface area contributed by atoms with E-state index in [0.717, 1.165) is 77.8 Å². The molecule has 0 radical (unpaired) electrons. The van der Waals surface area contributed by atoms with Crippen LogP contribution < -0.4 is 9.80 Å². The molecule has 6 aromatic heterocycles. The molecular formula is C109H75BrN6S2. The van der Waals surface area contributed by atoms with Crippen LogP contribution in [0.5, 0.6) is 0 Å². The van der Waals surface area contributed by atoms with E-state index >= 15 is 0 Å². The Morgan fingerprint density at radius 1 is 0.229 bits per heavy atom. The van der Waals surface area contributed by atoms with E-state index in [2.05, 4.69) is 469 Å². The van der Waals surface area contributed by atoms with Gasteiger partial charge in [-0.15, -0.1) is 22.7 Å². The minimum Gasteiger partial charge on any atom is -0.353 e. The predicted octanol–water partition coefficient (Wildman–Crippen LogP) is 32.4. The monoisotopic (exact) mass is 1610 g/mol. The van der Waals surface area contributed by atoms with Gasteiger partial charge in [0.15, 0.2) is 0 Å². The van der Waals surface area contributed by atoms with E-state index in [1.165, 1.54) is 128 Å². The molecule has 0 atom stereocenters. The predicted molar refractivity (Wildman–Crippen MR) is 512 cm³/mol. The van der Waals surface area contributed by atoms with Gasteiger partial charge in [0.05, 0.1) is 50.0 Å². The van der Waals surface area contributed by atoms with Crippen molar-refractivity contribution in [3.8, 4) is 39.3 Å². The fourth-order valence-corrected chi connectivity index (χ4v) is 20.2. The van der Waals surface area contributed by atoms with Crippen molar-refractivity contribution in [2.75, 3.05) is 9.80 Å². The first-order chi connectivity index (χ1) is 58.0. The van der Waals surface area contributed by atoms with E-state index in [4.69, 9.17) is 0 Å². The summed E-state index contributed by atoms with van der Waals surface area (Å²) >= 11 is 7.22. The Kier molecular flexibility index (Phi) is 18.3. The molecule has 24 aromatic rings. The highest BCUT2D eigenvalue weighted by atomic mass is 79.9. The van der Waals surface area contributed by atoms with E-state index in [-0.39, 0.29) is 7.43 Å². The number of rotatable bonds is 11. The van der Waals surface area contributed by atoms with Crippen molar-refractivity contribution in [3.63, 3.8) is 0 Å². The number of anilines is 6. The molecule has 0 aliphatic rings. The van der Waals surface area contributed by atoms with Crippen molar-refractivity contribution in [2.24, 2.45) is 0 Å². The number of para-hydroxylation sites is 10. The number of aromatic amines is 1. The van der Waals surface area contributed by atoms with E-state index in [0.29, 0.717) is 0 Å². The third kappa shape index (κ3) is 12.5. The number of aromatic nitrogens is 4. The second-order valence-electron chi connectivity index (χ2n) is 29.7. The number of thiophene rings is 2. The summed E-state index contributed by atoms with van der Waals surface area (Å²) in [7, 11) is 0. The molecule has 0 spiro atoms.